The summed E-state index contributed by atoms with van der Waals surface area (Å²) in [7, 11) is 0. The van der Waals surface area contributed by atoms with E-state index >= 15 is 0 Å². The summed E-state index contributed by atoms with van der Waals surface area (Å²) in [5.74, 6) is 0.709. The standard InChI is InChI=1S/C10H14O3/c11-9-3-4-10(12-5-6-13-10)8-2-1-7(8)9/h7-8H,1-6H2. The first-order chi connectivity index (χ1) is 6.32. The Kier molecular flexibility index (Phi) is 1.56. The van der Waals surface area contributed by atoms with Gasteiger partial charge in [0.05, 0.1) is 13.2 Å². The van der Waals surface area contributed by atoms with Crippen LogP contribution in [0.25, 0.3) is 0 Å². The van der Waals surface area contributed by atoms with Gasteiger partial charge in [-0.3, -0.25) is 4.79 Å². The lowest BCUT2D eigenvalue weighted by atomic mass is 9.62. The molecule has 1 heterocycles. The molecule has 2 atom stereocenters. The van der Waals surface area contributed by atoms with Crippen LogP contribution >= 0.6 is 0 Å². The van der Waals surface area contributed by atoms with Crippen molar-refractivity contribution in [1.82, 2.24) is 0 Å². The molecule has 2 unspecified atom stereocenters. The van der Waals surface area contributed by atoms with E-state index < -0.39 is 0 Å². The molecule has 0 aromatic heterocycles. The van der Waals surface area contributed by atoms with Crippen LogP contribution in [0.5, 0.6) is 0 Å². The lowest BCUT2D eigenvalue weighted by Crippen LogP contribution is -2.54. The van der Waals surface area contributed by atoms with Crippen molar-refractivity contribution in [3.63, 3.8) is 0 Å². The fraction of sp³-hybridized carbons (Fsp3) is 0.900. The minimum atomic E-state index is -0.350. The molecule has 0 bridgehead atoms. The van der Waals surface area contributed by atoms with Crippen LogP contribution in [-0.4, -0.2) is 24.8 Å². The second kappa shape index (κ2) is 2.55. The van der Waals surface area contributed by atoms with Gasteiger partial charge in [0, 0.05) is 24.7 Å². The van der Waals surface area contributed by atoms with Crippen LogP contribution in [0.4, 0.5) is 0 Å². The molecule has 2 aliphatic carbocycles. The first-order valence-corrected chi connectivity index (χ1v) is 5.12. The average molecular weight is 182 g/mol. The van der Waals surface area contributed by atoms with Gasteiger partial charge in [0.25, 0.3) is 0 Å². The number of ketones is 1. The highest BCUT2D eigenvalue weighted by Gasteiger charge is 2.56. The van der Waals surface area contributed by atoms with E-state index in [1.807, 2.05) is 0 Å². The molecular formula is C10H14O3. The van der Waals surface area contributed by atoms with Crippen molar-refractivity contribution in [3.05, 3.63) is 0 Å². The summed E-state index contributed by atoms with van der Waals surface area (Å²) in [4.78, 5) is 11.5. The van der Waals surface area contributed by atoms with Gasteiger partial charge in [-0.15, -0.1) is 0 Å². The van der Waals surface area contributed by atoms with Gasteiger partial charge >= 0.3 is 0 Å². The van der Waals surface area contributed by atoms with E-state index in [4.69, 9.17) is 9.47 Å². The fourth-order valence-corrected chi connectivity index (χ4v) is 2.91. The summed E-state index contributed by atoms with van der Waals surface area (Å²) in [6.07, 6.45) is 3.60. The van der Waals surface area contributed by atoms with Gasteiger partial charge in [-0.25, -0.2) is 0 Å². The molecular weight excluding hydrogens is 168 g/mol. The molecule has 1 aliphatic heterocycles. The maximum atomic E-state index is 11.5. The Morgan fingerprint density at radius 3 is 2.62 bits per heavy atom. The average Bonchev–Trinajstić information content (AvgIpc) is 2.46. The normalized spacial score (nSPS) is 41.7. The van der Waals surface area contributed by atoms with Gasteiger partial charge in [0.15, 0.2) is 5.79 Å². The Morgan fingerprint density at radius 1 is 1.23 bits per heavy atom. The number of carbonyl (C=O) groups is 1. The quantitative estimate of drug-likeness (QED) is 0.563. The van der Waals surface area contributed by atoms with E-state index in [2.05, 4.69) is 0 Å². The van der Waals surface area contributed by atoms with Gasteiger partial charge in [0.1, 0.15) is 5.78 Å². The number of rotatable bonds is 0. The zero-order valence-electron chi connectivity index (χ0n) is 7.62. The lowest BCUT2D eigenvalue weighted by molar-refractivity contribution is -0.242. The van der Waals surface area contributed by atoms with Crippen molar-refractivity contribution in [2.75, 3.05) is 13.2 Å². The topological polar surface area (TPSA) is 35.5 Å². The number of carbonyl (C=O) groups excluding carboxylic acids is 1. The van der Waals surface area contributed by atoms with Crippen LogP contribution in [-0.2, 0) is 14.3 Å². The third-order valence-electron chi connectivity index (χ3n) is 3.75. The number of hydrogen-bond acceptors (Lipinski definition) is 3. The summed E-state index contributed by atoms with van der Waals surface area (Å²) < 4.78 is 11.4. The summed E-state index contributed by atoms with van der Waals surface area (Å²) in [5.41, 5.74) is 0. The molecule has 3 fully saturated rings. The maximum Gasteiger partial charge on any atom is 0.172 e. The smallest absolute Gasteiger partial charge is 0.172 e. The van der Waals surface area contributed by atoms with Crippen LogP contribution in [0.15, 0.2) is 0 Å². The molecule has 72 valence electrons. The number of fused-ring (bicyclic) bond motifs is 2. The maximum absolute atomic E-state index is 11.5. The second-order valence-corrected chi connectivity index (χ2v) is 4.27. The Hall–Kier alpha value is -0.410. The van der Waals surface area contributed by atoms with Crippen molar-refractivity contribution in [2.45, 2.75) is 31.5 Å². The zero-order valence-corrected chi connectivity index (χ0v) is 7.62. The SMILES string of the molecule is O=C1CCC2(OCCO2)C2CCC12. The summed E-state index contributed by atoms with van der Waals surface area (Å²) in [5, 5.41) is 0. The van der Waals surface area contributed by atoms with Crippen LogP contribution < -0.4 is 0 Å². The molecule has 13 heavy (non-hydrogen) atoms. The minimum Gasteiger partial charge on any atom is -0.347 e. The number of Topliss-reactive ketones (excluding diaryl/α,β-unsaturated/α-hetero) is 1. The monoisotopic (exact) mass is 182 g/mol. The first-order valence-electron chi connectivity index (χ1n) is 5.12. The van der Waals surface area contributed by atoms with Crippen molar-refractivity contribution in [3.8, 4) is 0 Å². The third kappa shape index (κ3) is 0.945. The van der Waals surface area contributed by atoms with Gasteiger partial charge in [0.2, 0.25) is 0 Å². The van der Waals surface area contributed by atoms with E-state index in [1.54, 1.807) is 0 Å². The van der Waals surface area contributed by atoms with Gasteiger partial charge < -0.3 is 9.47 Å². The highest BCUT2D eigenvalue weighted by molar-refractivity contribution is 5.83. The molecule has 0 aromatic carbocycles. The molecule has 0 amide bonds. The second-order valence-electron chi connectivity index (χ2n) is 4.27. The largest absolute Gasteiger partial charge is 0.347 e. The minimum absolute atomic E-state index is 0.256. The molecule has 1 spiro atoms. The zero-order chi connectivity index (χ0) is 8.89. The summed E-state index contributed by atoms with van der Waals surface area (Å²) in [6, 6.07) is 0. The Morgan fingerprint density at radius 2 is 2.00 bits per heavy atom. The number of hydrogen-bond donors (Lipinski definition) is 0. The van der Waals surface area contributed by atoms with E-state index in [9.17, 15) is 4.79 Å². The molecule has 0 aromatic rings. The summed E-state index contributed by atoms with van der Waals surface area (Å²) >= 11 is 0. The van der Waals surface area contributed by atoms with E-state index in [0.717, 1.165) is 19.3 Å². The summed E-state index contributed by atoms with van der Waals surface area (Å²) in [6.45, 7) is 1.41. The van der Waals surface area contributed by atoms with Crippen LogP contribution in [0, 0.1) is 11.8 Å². The first kappa shape index (κ1) is 7.94. The lowest BCUT2D eigenvalue weighted by Gasteiger charge is -2.49. The molecule has 3 aliphatic rings. The van der Waals surface area contributed by atoms with Crippen LogP contribution in [0.1, 0.15) is 25.7 Å². The van der Waals surface area contributed by atoms with E-state index in [1.165, 1.54) is 0 Å². The van der Waals surface area contributed by atoms with Crippen molar-refractivity contribution in [1.29, 1.82) is 0 Å². The van der Waals surface area contributed by atoms with Crippen LogP contribution in [0.2, 0.25) is 0 Å². The van der Waals surface area contributed by atoms with E-state index in [-0.39, 0.29) is 11.7 Å². The van der Waals surface area contributed by atoms with Crippen LogP contribution in [0.3, 0.4) is 0 Å². The molecule has 1 saturated heterocycles. The molecule has 3 rings (SSSR count). The Balaban J connectivity index is 1.86. The predicted molar refractivity (Wildman–Crippen MR) is 45.1 cm³/mol. The Bertz CT molecular complexity index is 243. The van der Waals surface area contributed by atoms with E-state index in [0.29, 0.717) is 31.3 Å². The van der Waals surface area contributed by atoms with Gasteiger partial charge in [-0.05, 0) is 12.8 Å². The van der Waals surface area contributed by atoms with Gasteiger partial charge in [-0.2, -0.15) is 0 Å². The molecule has 2 saturated carbocycles. The Labute approximate surface area is 77.4 Å². The third-order valence-corrected chi connectivity index (χ3v) is 3.75. The van der Waals surface area contributed by atoms with Crippen molar-refractivity contribution >= 4 is 5.78 Å². The van der Waals surface area contributed by atoms with Gasteiger partial charge in [-0.1, -0.05) is 0 Å². The fourth-order valence-electron chi connectivity index (χ4n) is 2.91. The van der Waals surface area contributed by atoms with Crippen molar-refractivity contribution in [2.24, 2.45) is 11.8 Å². The molecule has 3 nitrogen and oxygen atoms in total. The predicted octanol–water partition coefficient (Wildman–Crippen LogP) is 1.12. The molecule has 0 radical (unpaired) electrons. The van der Waals surface area contributed by atoms with Crippen molar-refractivity contribution < 1.29 is 14.3 Å². The molecule has 3 heteroatoms. The highest BCUT2D eigenvalue weighted by Crippen LogP contribution is 2.51. The highest BCUT2D eigenvalue weighted by atomic mass is 16.7. The molecule has 0 N–H and O–H groups in total. The number of ether oxygens (including phenoxy) is 2.